The Kier molecular flexibility index (Phi) is 5.03. The molecule has 2 saturated heterocycles. The first kappa shape index (κ1) is 16.9. The van der Waals surface area contributed by atoms with Crippen molar-refractivity contribution in [2.45, 2.75) is 25.6 Å². The Hall–Kier alpha value is -0.990. The van der Waals surface area contributed by atoms with Gasteiger partial charge in [-0.25, -0.2) is 0 Å². The molecule has 3 rings (SSSR count). The first-order chi connectivity index (χ1) is 11.0. The maximum absolute atomic E-state index is 12.8. The van der Waals surface area contributed by atoms with Gasteiger partial charge in [-0.3, -0.25) is 4.90 Å². The number of nitrogens with zero attached hydrogens (tertiary/aromatic N) is 3. The van der Waals surface area contributed by atoms with Crippen molar-refractivity contribution in [1.29, 1.82) is 0 Å². The van der Waals surface area contributed by atoms with E-state index in [2.05, 4.69) is 11.8 Å². The zero-order valence-corrected chi connectivity index (χ0v) is 14.6. The number of benzene rings is 1. The molecule has 2 aliphatic heterocycles. The normalized spacial score (nSPS) is 27.1. The fourth-order valence-corrected chi connectivity index (χ4v) is 4.75. The van der Waals surface area contributed by atoms with Crippen LogP contribution in [0.15, 0.2) is 30.3 Å². The number of fused-ring (bicyclic) bond motifs is 1. The van der Waals surface area contributed by atoms with Crippen LogP contribution in [-0.4, -0.2) is 73.9 Å². The summed E-state index contributed by atoms with van der Waals surface area (Å²) < 4.78 is 34.3. The Labute approximate surface area is 138 Å². The Bertz CT molecular complexity index is 623. The summed E-state index contributed by atoms with van der Waals surface area (Å²) in [5, 5.41) is 0. The van der Waals surface area contributed by atoms with Gasteiger partial charge in [0.1, 0.15) is 0 Å². The maximum atomic E-state index is 12.8. The minimum absolute atomic E-state index is 0.160. The van der Waals surface area contributed by atoms with Gasteiger partial charge >= 0.3 is 0 Å². The number of piperazine rings is 1. The van der Waals surface area contributed by atoms with Crippen LogP contribution in [0.3, 0.4) is 0 Å². The molecule has 0 amide bonds. The van der Waals surface area contributed by atoms with Crippen molar-refractivity contribution >= 4 is 10.2 Å². The predicted molar refractivity (Wildman–Crippen MR) is 89.2 cm³/mol. The molecule has 23 heavy (non-hydrogen) atoms. The highest BCUT2D eigenvalue weighted by molar-refractivity contribution is 7.86. The number of hydrogen-bond donors (Lipinski definition) is 0. The molecular formula is C16H25N3O3S. The van der Waals surface area contributed by atoms with E-state index in [0.717, 1.165) is 18.7 Å². The lowest BCUT2D eigenvalue weighted by atomic mass is 10.1. The second-order valence-electron chi connectivity index (χ2n) is 6.39. The van der Waals surface area contributed by atoms with Crippen LogP contribution in [0.2, 0.25) is 0 Å². The van der Waals surface area contributed by atoms with Crippen LogP contribution in [-0.2, 0) is 21.5 Å². The molecule has 0 saturated carbocycles. The van der Waals surface area contributed by atoms with Crippen LogP contribution in [0.5, 0.6) is 0 Å². The van der Waals surface area contributed by atoms with Gasteiger partial charge in [0.2, 0.25) is 0 Å². The second-order valence-corrected chi connectivity index (χ2v) is 8.42. The third-order valence-electron chi connectivity index (χ3n) is 4.69. The molecule has 0 N–H and O–H groups in total. The average Bonchev–Trinajstić information content (AvgIpc) is 2.55. The lowest BCUT2D eigenvalue weighted by Crippen LogP contribution is -2.63. The Morgan fingerprint density at radius 3 is 2.70 bits per heavy atom. The fourth-order valence-electron chi connectivity index (χ4n) is 3.37. The predicted octanol–water partition coefficient (Wildman–Crippen LogP) is 0.768. The van der Waals surface area contributed by atoms with Crippen molar-refractivity contribution in [2.75, 3.05) is 39.9 Å². The largest absolute Gasteiger partial charge is 0.378 e. The molecule has 128 valence electrons. The zero-order chi connectivity index (χ0) is 16.4. The summed E-state index contributed by atoms with van der Waals surface area (Å²) in [5.74, 6) is 0. The van der Waals surface area contributed by atoms with Gasteiger partial charge in [0.25, 0.3) is 10.2 Å². The molecule has 0 unspecified atom stereocenters. The molecule has 0 spiro atoms. The van der Waals surface area contributed by atoms with E-state index < -0.39 is 10.2 Å². The smallest absolute Gasteiger partial charge is 0.282 e. The summed E-state index contributed by atoms with van der Waals surface area (Å²) in [4.78, 5) is 2.37. The van der Waals surface area contributed by atoms with E-state index in [1.165, 1.54) is 4.31 Å². The molecule has 0 aromatic heterocycles. The highest BCUT2D eigenvalue weighted by Crippen LogP contribution is 2.22. The SMILES string of the molecule is C[C@H]1COC[C@H]2CN(S(=O)(=O)N(C)Cc3ccccc3)CCN21. The quantitative estimate of drug-likeness (QED) is 0.813. The number of hydrogen-bond acceptors (Lipinski definition) is 4. The van der Waals surface area contributed by atoms with Crippen molar-refractivity contribution < 1.29 is 13.2 Å². The van der Waals surface area contributed by atoms with Crippen molar-refractivity contribution in [1.82, 2.24) is 13.5 Å². The van der Waals surface area contributed by atoms with Crippen LogP contribution in [0, 0.1) is 0 Å². The summed E-state index contributed by atoms with van der Waals surface area (Å²) in [5.41, 5.74) is 0.992. The number of morpholine rings is 1. The van der Waals surface area contributed by atoms with Crippen LogP contribution in [0.1, 0.15) is 12.5 Å². The van der Waals surface area contributed by atoms with Crippen LogP contribution in [0.25, 0.3) is 0 Å². The lowest BCUT2D eigenvalue weighted by molar-refractivity contribution is -0.0640. The minimum Gasteiger partial charge on any atom is -0.378 e. The molecule has 0 radical (unpaired) electrons. The molecule has 2 heterocycles. The molecule has 6 nitrogen and oxygen atoms in total. The summed E-state index contributed by atoms with van der Waals surface area (Å²) >= 11 is 0. The van der Waals surface area contributed by atoms with Crippen LogP contribution < -0.4 is 0 Å². The second kappa shape index (κ2) is 6.86. The fraction of sp³-hybridized carbons (Fsp3) is 0.625. The van der Waals surface area contributed by atoms with Gasteiger partial charge in [0, 0.05) is 45.3 Å². The van der Waals surface area contributed by atoms with E-state index in [1.54, 1.807) is 11.4 Å². The zero-order valence-electron chi connectivity index (χ0n) is 13.8. The monoisotopic (exact) mass is 339 g/mol. The van der Waals surface area contributed by atoms with Crippen molar-refractivity contribution in [3.63, 3.8) is 0 Å². The van der Waals surface area contributed by atoms with Gasteiger partial charge in [-0.05, 0) is 12.5 Å². The van der Waals surface area contributed by atoms with Crippen LogP contribution in [0.4, 0.5) is 0 Å². The third-order valence-corrected chi connectivity index (χ3v) is 6.60. The van der Waals surface area contributed by atoms with Crippen molar-refractivity contribution in [2.24, 2.45) is 0 Å². The summed E-state index contributed by atoms with van der Waals surface area (Å²) in [6.45, 7) is 5.69. The standard InChI is InChI=1S/C16H25N3O3S/c1-14-12-22-13-16-11-18(8-9-19(14)16)23(20,21)17(2)10-15-6-4-3-5-7-15/h3-7,14,16H,8-13H2,1-2H3/t14-,16+/m0/s1. The van der Waals surface area contributed by atoms with Gasteiger partial charge in [0.05, 0.1) is 13.2 Å². The van der Waals surface area contributed by atoms with Gasteiger partial charge in [0.15, 0.2) is 0 Å². The first-order valence-corrected chi connectivity index (χ1v) is 9.47. The molecule has 0 bridgehead atoms. The Morgan fingerprint density at radius 1 is 1.22 bits per heavy atom. The molecule has 2 fully saturated rings. The summed E-state index contributed by atoms with van der Waals surface area (Å²) in [7, 11) is -1.80. The molecule has 0 aliphatic carbocycles. The van der Waals surface area contributed by atoms with E-state index in [0.29, 0.717) is 32.3 Å². The Morgan fingerprint density at radius 2 is 1.96 bits per heavy atom. The van der Waals surface area contributed by atoms with E-state index in [-0.39, 0.29) is 6.04 Å². The van der Waals surface area contributed by atoms with Gasteiger partial charge in [-0.15, -0.1) is 0 Å². The summed E-state index contributed by atoms with van der Waals surface area (Å²) in [6.07, 6.45) is 0. The average molecular weight is 339 g/mol. The maximum Gasteiger partial charge on any atom is 0.282 e. The van der Waals surface area contributed by atoms with E-state index >= 15 is 0 Å². The number of rotatable bonds is 4. The molecule has 2 aliphatic rings. The van der Waals surface area contributed by atoms with E-state index in [1.807, 2.05) is 30.3 Å². The minimum atomic E-state index is -3.44. The Balaban J connectivity index is 1.68. The topological polar surface area (TPSA) is 53.1 Å². The third kappa shape index (κ3) is 3.59. The van der Waals surface area contributed by atoms with Crippen molar-refractivity contribution in [3.05, 3.63) is 35.9 Å². The molecule has 1 aromatic rings. The van der Waals surface area contributed by atoms with Gasteiger partial charge in [-0.1, -0.05) is 30.3 Å². The summed E-state index contributed by atoms with van der Waals surface area (Å²) in [6, 6.07) is 10.2. The van der Waals surface area contributed by atoms with Crippen molar-refractivity contribution in [3.8, 4) is 0 Å². The van der Waals surface area contributed by atoms with E-state index in [4.69, 9.17) is 4.74 Å². The molecule has 1 aromatic carbocycles. The lowest BCUT2D eigenvalue weighted by Gasteiger charge is -2.46. The van der Waals surface area contributed by atoms with Crippen LogP contribution >= 0.6 is 0 Å². The van der Waals surface area contributed by atoms with Gasteiger partial charge in [-0.2, -0.15) is 17.0 Å². The highest BCUT2D eigenvalue weighted by Gasteiger charge is 2.38. The first-order valence-electron chi connectivity index (χ1n) is 8.07. The van der Waals surface area contributed by atoms with E-state index in [9.17, 15) is 8.42 Å². The molecular weight excluding hydrogens is 314 g/mol. The van der Waals surface area contributed by atoms with Gasteiger partial charge < -0.3 is 4.74 Å². The number of ether oxygens (including phenoxy) is 1. The molecule has 7 heteroatoms. The molecule has 2 atom stereocenters. The highest BCUT2D eigenvalue weighted by atomic mass is 32.2.